The lowest BCUT2D eigenvalue weighted by molar-refractivity contribution is 0.286. The van der Waals surface area contributed by atoms with Crippen molar-refractivity contribution in [2.45, 2.75) is 12.3 Å². The number of nitrogens with one attached hydrogen (secondary N) is 2. The minimum atomic E-state index is -0.182. The molecule has 150 valence electrons. The first-order chi connectivity index (χ1) is 14.7. The molecule has 8 heteroatoms. The molecule has 0 radical (unpaired) electrons. The average molecular weight is 398 g/mol. The molecule has 0 saturated carbocycles. The van der Waals surface area contributed by atoms with Crippen LogP contribution >= 0.6 is 0 Å². The van der Waals surface area contributed by atoms with Crippen molar-refractivity contribution in [3.63, 3.8) is 0 Å². The van der Waals surface area contributed by atoms with Gasteiger partial charge in [-0.2, -0.15) is 0 Å². The van der Waals surface area contributed by atoms with Gasteiger partial charge in [0.2, 0.25) is 0 Å². The summed E-state index contributed by atoms with van der Waals surface area (Å²) in [7, 11) is 0. The maximum Gasteiger partial charge on any atom is 0.139 e. The first-order valence-corrected chi connectivity index (χ1v) is 9.62. The number of hydrazine groups is 2. The van der Waals surface area contributed by atoms with Gasteiger partial charge in [0, 0.05) is 48.3 Å². The summed E-state index contributed by atoms with van der Waals surface area (Å²) in [6.45, 7) is 0. The van der Waals surface area contributed by atoms with Crippen molar-refractivity contribution in [2.75, 3.05) is 0 Å². The summed E-state index contributed by atoms with van der Waals surface area (Å²) >= 11 is 0. The van der Waals surface area contributed by atoms with Gasteiger partial charge in [-0.15, -0.1) is 0 Å². The van der Waals surface area contributed by atoms with Crippen LogP contribution in [0.3, 0.4) is 0 Å². The Labute approximate surface area is 174 Å². The Hall–Kier alpha value is -3.88. The van der Waals surface area contributed by atoms with E-state index in [1.165, 1.54) is 0 Å². The van der Waals surface area contributed by atoms with Gasteiger partial charge < -0.3 is 10.6 Å². The highest BCUT2D eigenvalue weighted by Gasteiger charge is 2.27. The van der Waals surface area contributed by atoms with Crippen molar-refractivity contribution in [2.24, 2.45) is 11.7 Å². The molecule has 3 aromatic rings. The van der Waals surface area contributed by atoms with Gasteiger partial charge in [0.15, 0.2) is 0 Å². The molecule has 0 aliphatic carbocycles. The number of aromatic nitrogens is 2. The van der Waals surface area contributed by atoms with Gasteiger partial charge in [-0.25, -0.2) is 11.7 Å². The third kappa shape index (κ3) is 3.34. The molecule has 0 saturated heterocycles. The van der Waals surface area contributed by atoms with E-state index in [1.807, 2.05) is 67.3 Å². The zero-order chi connectivity index (χ0) is 20.5. The minimum Gasteiger partial charge on any atom is -0.359 e. The highest BCUT2D eigenvalue weighted by Crippen LogP contribution is 2.31. The number of nitrogens with zero attached hydrogens (tertiary/aromatic N) is 4. The molecule has 2 aromatic heterocycles. The molecule has 2 unspecified atom stereocenters. The van der Waals surface area contributed by atoms with Gasteiger partial charge in [-0.1, -0.05) is 18.2 Å². The number of nitrogens with two attached hydrogens (primary N) is 2. The van der Waals surface area contributed by atoms with Crippen molar-refractivity contribution < 1.29 is 0 Å². The Morgan fingerprint density at radius 2 is 1.20 bits per heavy atom. The van der Waals surface area contributed by atoms with E-state index < -0.39 is 0 Å². The van der Waals surface area contributed by atoms with Gasteiger partial charge in [0.1, 0.15) is 12.3 Å². The van der Waals surface area contributed by atoms with E-state index in [-0.39, 0.29) is 12.3 Å². The van der Waals surface area contributed by atoms with Crippen molar-refractivity contribution in [3.8, 4) is 0 Å². The van der Waals surface area contributed by atoms with Crippen LogP contribution in [0.2, 0.25) is 0 Å². The van der Waals surface area contributed by atoms with Gasteiger partial charge >= 0.3 is 0 Å². The monoisotopic (exact) mass is 398 g/mol. The minimum absolute atomic E-state index is 0.182. The summed E-state index contributed by atoms with van der Waals surface area (Å²) in [5, 5.41) is 10.3. The van der Waals surface area contributed by atoms with Crippen LogP contribution < -0.4 is 22.3 Å². The van der Waals surface area contributed by atoms with E-state index in [9.17, 15) is 0 Å². The lowest BCUT2D eigenvalue weighted by atomic mass is 10.1. The lowest BCUT2D eigenvalue weighted by Gasteiger charge is -2.25. The second kappa shape index (κ2) is 7.51. The third-order valence-electron chi connectivity index (χ3n) is 5.22. The van der Waals surface area contributed by atoms with E-state index in [1.54, 1.807) is 22.4 Å². The molecular weight excluding hydrogens is 376 g/mol. The van der Waals surface area contributed by atoms with Crippen LogP contribution in [0, 0.1) is 0 Å². The van der Waals surface area contributed by atoms with Crippen LogP contribution in [0.4, 0.5) is 0 Å². The smallest absolute Gasteiger partial charge is 0.139 e. The van der Waals surface area contributed by atoms with Crippen LogP contribution in [-0.4, -0.2) is 20.0 Å². The standard InChI is InChI=1S/C22H22N8/c23-29-13-19(17-6-2-8-25-11-17)27-21(29)15-4-1-5-16(10-15)22-28-20(14-30(22)24)18-7-3-9-26-12-18/h1-14,21-22,27-28H,23-24H2. The quantitative estimate of drug-likeness (QED) is 0.495. The number of rotatable bonds is 4. The maximum atomic E-state index is 6.27. The number of pyridine rings is 2. The zero-order valence-corrected chi connectivity index (χ0v) is 16.2. The molecule has 2 atom stereocenters. The first-order valence-electron chi connectivity index (χ1n) is 9.62. The van der Waals surface area contributed by atoms with Crippen LogP contribution in [0.25, 0.3) is 11.4 Å². The molecule has 0 spiro atoms. The Morgan fingerprint density at radius 1 is 0.700 bits per heavy atom. The summed E-state index contributed by atoms with van der Waals surface area (Å²) in [6.07, 6.45) is 10.5. The molecule has 2 aliphatic rings. The van der Waals surface area contributed by atoms with E-state index >= 15 is 0 Å². The molecular formula is C22H22N8. The molecule has 30 heavy (non-hydrogen) atoms. The van der Waals surface area contributed by atoms with Crippen molar-refractivity contribution >= 4 is 11.4 Å². The fourth-order valence-electron chi connectivity index (χ4n) is 3.74. The molecule has 0 amide bonds. The maximum absolute atomic E-state index is 6.27. The summed E-state index contributed by atoms with van der Waals surface area (Å²) in [5.74, 6) is 12.5. The van der Waals surface area contributed by atoms with Crippen LogP contribution in [-0.2, 0) is 0 Å². The number of benzene rings is 1. The summed E-state index contributed by atoms with van der Waals surface area (Å²) in [6, 6.07) is 16.0. The van der Waals surface area contributed by atoms with E-state index in [4.69, 9.17) is 11.7 Å². The molecule has 2 aliphatic heterocycles. The Balaban J connectivity index is 1.36. The Bertz CT molecular complexity index is 1010. The van der Waals surface area contributed by atoms with Crippen molar-refractivity contribution in [1.29, 1.82) is 0 Å². The Kier molecular flexibility index (Phi) is 4.55. The van der Waals surface area contributed by atoms with Crippen LogP contribution in [0.5, 0.6) is 0 Å². The summed E-state index contributed by atoms with van der Waals surface area (Å²) in [4.78, 5) is 8.36. The zero-order valence-electron chi connectivity index (χ0n) is 16.2. The lowest BCUT2D eigenvalue weighted by Crippen LogP contribution is -2.34. The number of hydrogen-bond donors (Lipinski definition) is 4. The van der Waals surface area contributed by atoms with Crippen molar-refractivity contribution in [1.82, 2.24) is 30.6 Å². The van der Waals surface area contributed by atoms with Crippen LogP contribution in [0.15, 0.2) is 85.7 Å². The van der Waals surface area contributed by atoms with Gasteiger partial charge in [0.05, 0.1) is 11.4 Å². The third-order valence-corrected chi connectivity index (χ3v) is 5.22. The topological polar surface area (TPSA) is 108 Å². The fourth-order valence-corrected chi connectivity index (χ4v) is 3.74. The molecule has 8 nitrogen and oxygen atoms in total. The molecule has 0 fully saturated rings. The molecule has 0 bridgehead atoms. The Morgan fingerprint density at radius 3 is 1.63 bits per heavy atom. The van der Waals surface area contributed by atoms with E-state index in [0.717, 1.165) is 33.6 Å². The molecule has 1 aromatic carbocycles. The van der Waals surface area contributed by atoms with Crippen LogP contribution in [0.1, 0.15) is 34.6 Å². The predicted octanol–water partition coefficient (Wildman–Crippen LogP) is 2.03. The van der Waals surface area contributed by atoms with Gasteiger partial charge in [-0.05, 0) is 41.5 Å². The molecule has 5 rings (SSSR count). The second-order valence-electron chi connectivity index (χ2n) is 7.23. The number of hydrogen-bond acceptors (Lipinski definition) is 8. The fraction of sp³-hybridized carbons (Fsp3) is 0.0909. The van der Waals surface area contributed by atoms with Crippen molar-refractivity contribution in [3.05, 3.63) is 108 Å². The normalized spacial score (nSPS) is 20.5. The highest BCUT2D eigenvalue weighted by atomic mass is 15.5. The van der Waals surface area contributed by atoms with E-state index in [2.05, 4.69) is 26.7 Å². The average Bonchev–Trinajstić information content (AvgIpc) is 3.38. The summed E-state index contributed by atoms with van der Waals surface area (Å²) < 4.78 is 0. The van der Waals surface area contributed by atoms with Gasteiger partial charge in [0.25, 0.3) is 0 Å². The largest absolute Gasteiger partial charge is 0.359 e. The predicted molar refractivity (Wildman–Crippen MR) is 115 cm³/mol. The molecule has 4 heterocycles. The SMILES string of the molecule is NN1C=C(c2cccnc2)NC1c1cccc(C2NC(c3cccnc3)=CN2N)c1. The summed E-state index contributed by atoms with van der Waals surface area (Å²) in [5.41, 5.74) is 5.91. The van der Waals surface area contributed by atoms with E-state index in [0.29, 0.717) is 0 Å². The highest BCUT2D eigenvalue weighted by molar-refractivity contribution is 5.66. The van der Waals surface area contributed by atoms with Gasteiger partial charge in [-0.3, -0.25) is 20.0 Å². The first kappa shape index (κ1) is 18.2. The molecule has 6 N–H and O–H groups in total. The second-order valence-corrected chi connectivity index (χ2v) is 7.23.